The molecule has 0 aromatic heterocycles. The minimum Gasteiger partial charge on any atom is -0.465 e. The molecule has 0 bridgehead atoms. The Labute approximate surface area is 655 Å². The SMILES string of the molecule is C.C.C.C.C.C.CCC.CCC(C)(C)CC.CCC(C)(CC)CC.CCC(C)CC.CCC(C)CC.CCC(C)OC.CCC(CC)(CC)CC.CCC(CC)(CC)CC.CCC1CCC(CC)CC1.CCCOC.COC(=O)c1cc(C)c(C)c(C)c1.COC(=O)c1cc(C)cc(C(=O)OC)c1. The number of ether oxygens (including phenoxy) is 5. The summed E-state index contributed by atoms with van der Waals surface area (Å²) < 4.78 is 23.4. The third-order valence-electron chi connectivity index (χ3n) is 22.0. The van der Waals surface area contributed by atoms with Gasteiger partial charge < -0.3 is 23.7 Å². The second-order valence-corrected chi connectivity index (χ2v) is 28.6. The Morgan fingerprint density at radius 2 is 0.641 bits per heavy atom. The molecule has 1 unspecified atom stereocenters. The molecule has 630 valence electrons. The van der Waals surface area contributed by atoms with E-state index in [2.05, 4.69) is 215 Å². The van der Waals surface area contributed by atoms with Crippen LogP contribution < -0.4 is 0 Å². The number of aryl methyl sites for hydroxylation is 3. The van der Waals surface area contributed by atoms with E-state index in [-0.39, 0.29) is 50.5 Å². The van der Waals surface area contributed by atoms with E-state index in [4.69, 9.17) is 9.47 Å². The maximum Gasteiger partial charge on any atom is 0.337 e. The molecule has 0 aliphatic heterocycles. The molecule has 3 rings (SSSR count). The van der Waals surface area contributed by atoms with Crippen LogP contribution in [-0.4, -0.2) is 66.2 Å². The summed E-state index contributed by atoms with van der Waals surface area (Å²) in [5.74, 6) is 2.81. The molecule has 0 heterocycles. The number of hydrogen-bond acceptors (Lipinski definition) is 8. The summed E-state index contributed by atoms with van der Waals surface area (Å²) in [5.41, 5.74) is 8.14. The van der Waals surface area contributed by atoms with Gasteiger partial charge in [-0.1, -0.05) is 393 Å². The largest absolute Gasteiger partial charge is 0.465 e. The van der Waals surface area contributed by atoms with E-state index in [9.17, 15) is 14.4 Å². The first-order valence-corrected chi connectivity index (χ1v) is 40.0. The van der Waals surface area contributed by atoms with Crippen molar-refractivity contribution in [1.82, 2.24) is 0 Å². The fourth-order valence-electron chi connectivity index (χ4n) is 9.52. The number of esters is 3. The molecule has 8 heteroatoms. The molecule has 1 saturated carbocycles. The van der Waals surface area contributed by atoms with E-state index in [1.165, 1.54) is 187 Å². The van der Waals surface area contributed by atoms with Crippen LogP contribution in [0.5, 0.6) is 0 Å². The fraction of sp³-hybridized carbons (Fsp3) is 0.842. The summed E-state index contributed by atoms with van der Waals surface area (Å²) in [6, 6.07) is 8.46. The second-order valence-electron chi connectivity index (χ2n) is 28.6. The molecular formula is C95H202O8. The van der Waals surface area contributed by atoms with Crippen LogP contribution in [0.3, 0.4) is 0 Å². The predicted octanol–water partition coefficient (Wildman–Crippen LogP) is 33.5. The van der Waals surface area contributed by atoms with Crippen molar-refractivity contribution in [3.63, 3.8) is 0 Å². The molecule has 0 saturated heterocycles. The molecule has 0 amide bonds. The number of benzene rings is 2. The van der Waals surface area contributed by atoms with Crippen molar-refractivity contribution in [2.45, 2.75) is 446 Å². The Morgan fingerprint density at radius 3 is 0.748 bits per heavy atom. The quantitative estimate of drug-likeness (QED) is 0.0679. The van der Waals surface area contributed by atoms with E-state index >= 15 is 0 Å². The smallest absolute Gasteiger partial charge is 0.337 e. The standard InChI is InChI=1S/C11H12O4.C11H14O2.C10H20.2C9H20.C8H18.C7H16.2C6H14.C5H12O.C4H10O.C3H8.6CH4/c1-7-4-8(10(12)14-2)6-9(5-7)11(13)15-3;1-7-5-10(11(12)13-4)6-8(2)9(7)3;1-3-9-5-7-10(4-2)8-6-9;2*1-5-9(6-2,7-3)8-4;1-5-8(4,6-2)7-3;1-5-7(3,4)6-2;2*1-4-6(3)5-2;1-4-5(2)6-3;1-3-4-5-2;1-3-2;;;;;;/h4-6H,1-3H3;5-6H,1-4H3;9-10H,3-8H2,1-2H3;2*5-8H2,1-4H3;5-7H2,1-4H3;5-6H2,1-4H3;2*6H,4-5H2,1-3H3;5H,4H2,1-3H3;3-4H2,1-2H3;3H2,1-2H3;6*1H4. The Hall–Kier alpha value is -3.23. The van der Waals surface area contributed by atoms with Crippen LogP contribution in [0, 0.1) is 73.0 Å². The lowest BCUT2D eigenvalue weighted by molar-refractivity contribution is 0.0587. The van der Waals surface area contributed by atoms with Crippen LogP contribution in [0.1, 0.15) is 466 Å². The van der Waals surface area contributed by atoms with Crippen molar-refractivity contribution in [3.8, 4) is 0 Å². The van der Waals surface area contributed by atoms with Crippen LogP contribution in [-0.2, 0) is 23.7 Å². The average molecular weight is 1470 g/mol. The van der Waals surface area contributed by atoms with Gasteiger partial charge in [0.25, 0.3) is 0 Å². The van der Waals surface area contributed by atoms with Crippen molar-refractivity contribution in [1.29, 1.82) is 0 Å². The van der Waals surface area contributed by atoms with Gasteiger partial charge in [-0.05, 0) is 145 Å². The maximum atomic E-state index is 11.3. The molecule has 1 aliphatic rings. The van der Waals surface area contributed by atoms with Crippen molar-refractivity contribution in [3.05, 3.63) is 69.3 Å². The third kappa shape index (κ3) is 76.8. The normalized spacial score (nSPS) is 12.4. The molecule has 0 radical (unpaired) electrons. The molecule has 1 fully saturated rings. The van der Waals surface area contributed by atoms with Crippen molar-refractivity contribution in [2.24, 2.45) is 45.3 Å². The predicted molar refractivity (Wildman–Crippen MR) is 477 cm³/mol. The second kappa shape index (κ2) is 89.4. The van der Waals surface area contributed by atoms with E-state index in [1.807, 2.05) is 32.9 Å². The van der Waals surface area contributed by atoms with Gasteiger partial charge in [0.05, 0.1) is 44.1 Å². The lowest BCUT2D eigenvalue weighted by Crippen LogP contribution is -2.15. The Balaban J connectivity index is -0.0000000639. The number of rotatable bonds is 26. The van der Waals surface area contributed by atoms with Crippen LogP contribution in [0.25, 0.3) is 0 Å². The first-order chi connectivity index (χ1) is 45.5. The van der Waals surface area contributed by atoms with E-state index in [0.717, 1.165) is 59.8 Å². The highest BCUT2D eigenvalue weighted by Gasteiger charge is 2.22. The van der Waals surface area contributed by atoms with Gasteiger partial charge >= 0.3 is 17.9 Å². The Kier molecular flexibility index (Phi) is 118. The van der Waals surface area contributed by atoms with E-state index in [0.29, 0.717) is 44.5 Å². The zero-order valence-corrected chi connectivity index (χ0v) is 73.1. The minimum absolute atomic E-state index is 0. The number of methoxy groups -OCH3 is 5. The molecular weight excluding hydrogens is 1270 g/mol. The lowest BCUT2D eigenvalue weighted by atomic mass is 9.78. The molecule has 103 heavy (non-hydrogen) atoms. The number of hydrogen-bond donors (Lipinski definition) is 0. The third-order valence-corrected chi connectivity index (χ3v) is 22.0. The van der Waals surface area contributed by atoms with Gasteiger partial charge in [0.15, 0.2) is 0 Å². The monoisotopic (exact) mass is 1470 g/mol. The molecule has 1 aliphatic carbocycles. The van der Waals surface area contributed by atoms with Gasteiger partial charge in [-0.15, -0.1) is 0 Å². The zero-order chi connectivity index (χ0) is 77.8. The first kappa shape index (κ1) is 135. The van der Waals surface area contributed by atoms with Gasteiger partial charge in [0.2, 0.25) is 0 Å². The topological polar surface area (TPSA) is 97.4 Å². The van der Waals surface area contributed by atoms with Gasteiger partial charge in [-0.3, -0.25) is 0 Å². The fourth-order valence-corrected chi connectivity index (χ4v) is 9.52. The molecule has 8 nitrogen and oxygen atoms in total. The highest BCUT2D eigenvalue weighted by atomic mass is 16.5. The first-order valence-electron chi connectivity index (χ1n) is 40.0. The van der Waals surface area contributed by atoms with Crippen molar-refractivity contribution < 1.29 is 38.1 Å². The van der Waals surface area contributed by atoms with Gasteiger partial charge in [0.1, 0.15) is 0 Å². The lowest BCUT2D eigenvalue weighted by Gasteiger charge is -2.28. The molecule has 2 aromatic rings. The van der Waals surface area contributed by atoms with Crippen molar-refractivity contribution in [2.75, 3.05) is 42.2 Å². The zero-order valence-electron chi connectivity index (χ0n) is 73.1. The van der Waals surface area contributed by atoms with E-state index in [1.54, 1.807) is 33.3 Å². The number of carbonyl (C=O) groups excluding carboxylic acids is 3. The van der Waals surface area contributed by atoms with Crippen LogP contribution >= 0.6 is 0 Å². The van der Waals surface area contributed by atoms with E-state index < -0.39 is 11.9 Å². The molecule has 2 aromatic carbocycles. The van der Waals surface area contributed by atoms with Gasteiger partial charge in [-0.2, -0.15) is 0 Å². The van der Waals surface area contributed by atoms with Crippen LogP contribution in [0.2, 0.25) is 0 Å². The summed E-state index contributed by atoms with van der Waals surface area (Å²) in [6.45, 7) is 74.0. The summed E-state index contributed by atoms with van der Waals surface area (Å²) >= 11 is 0. The maximum absolute atomic E-state index is 11.3. The average Bonchev–Trinajstić information content (AvgIpc) is 0.857. The summed E-state index contributed by atoms with van der Waals surface area (Å²) in [5, 5.41) is 0. The van der Waals surface area contributed by atoms with Crippen LogP contribution in [0.4, 0.5) is 0 Å². The van der Waals surface area contributed by atoms with Gasteiger partial charge in [0, 0.05) is 20.8 Å². The molecule has 0 N–H and O–H groups in total. The molecule has 0 spiro atoms. The highest BCUT2D eigenvalue weighted by molar-refractivity contribution is 5.95. The Morgan fingerprint density at radius 1 is 0.388 bits per heavy atom. The summed E-state index contributed by atoms with van der Waals surface area (Å²) in [7, 11) is 7.43. The summed E-state index contributed by atoms with van der Waals surface area (Å²) in [6.07, 6.45) is 35.4. The van der Waals surface area contributed by atoms with Gasteiger partial charge in [-0.25, -0.2) is 14.4 Å². The Bertz CT molecular complexity index is 1810. The van der Waals surface area contributed by atoms with Crippen molar-refractivity contribution >= 4 is 17.9 Å². The molecule has 1 atom stereocenters. The summed E-state index contributed by atoms with van der Waals surface area (Å²) in [4.78, 5) is 33.7. The minimum atomic E-state index is -0.469. The number of carbonyl (C=O) groups is 3. The highest BCUT2D eigenvalue weighted by Crippen LogP contribution is 2.35. The van der Waals surface area contributed by atoms with Crippen LogP contribution in [0.15, 0.2) is 30.3 Å².